The molecule has 6 rings (SSSR count). The number of nitrogens with zero attached hydrogens (tertiary/aromatic N) is 4. The number of benzene rings is 3. The molecule has 1 saturated heterocycles. The van der Waals surface area contributed by atoms with Crippen molar-refractivity contribution < 1.29 is 0 Å². The third kappa shape index (κ3) is 3.92. The average molecular weight is 437 g/mol. The summed E-state index contributed by atoms with van der Waals surface area (Å²) in [5.41, 5.74) is 4.11. The number of piperazine rings is 1. The van der Waals surface area contributed by atoms with Crippen molar-refractivity contribution in [1.82, 2.24) is 19.8 Å². The van der Waals surface area contributed by atoms with Gasteiger partial charge in [-0.3, -0.25) is 9.97 Å². The summed E-state index contributed by atoms with van der Waals surface area (Å²) in [6.45, 7) is 5.92. The molecule has 168 valence electrons. The zero-order valence-electron chi connectivity index (χ0n) is 19.5. The van der Waals surface area contributed by atoms with E-state index in [-0.39, 0.29) is 0 Å². The van der Waals surface area contributed by atoms with E-state index in [1.54, 1.807) is 6.20 Å². The summed E-state index contributed by atoms with van der Waals surface area (Å²) in [7, 11) is 2.23. The van der Waals surface area contributed by atoms with Crippen LogP contribution in [-0.2, 0) is 6.42 Å². The fourth-order valence-electron chi connectivity index (χ4n) is 6.09. The van der Waals surface area contributed by atoms with Crippen LogP contribution in [0.1, 0.15) is 35.6 Å². The second kappa shape index (κ2) is 8.85. The fourth-order valence-corrected chi connectivity index (χ4v) is 6.09. The van der Waals surface area contributed by atoms with E-state index in [1.807, 2.05) is 12.4 Å². The summed E-state index contributed by atoms with van der Waals surface area (Å²) in [5, 5.41) is 5.46. The number of aryl methyl sites for hydroxylation is 1. The van der Waals surface area contributed by atoms with Gasteiger partial charge in [-0.15, -0.1) is 0 Å². The molecular weight excluding hydrogens is 404 g/mol. The van der Waals surface area contributed by atoms with Crippen molar-refractivity contribution in [1.29, 1.82) is 0 Å². The molecule has 4 aromatic rings. The zero-order valence-corrected chi connectivity index (χ0v) is 19.5. The van der Waals surface area contributed by atoms with Crippen LogP contribution in [0.15, 0.2) is 67.1 Å². The number of hydrogen-bond donors (Lipinski definition) is 0. The Balaban J connectivity index is 1.38. The highest BCUT2D eigenvalue weighted by molar-refractivity contribution is 6.08. The smallest absolute Gasteiger partial charge is 0.0664 e. The molecule has 1 aromatic heterocycles. The molecule has 0 N–H and O–H groups in total. The second-order valence-corrected chi connectivity index (χ2v) is 9.86. The molecule has 33 heavy (non-hydrogen) atoms. The highest BCUT2D eigenvalue weighted by atomic mass is 15.2. The molecule has 1 aliphatic carbocycles. The number of aromatic nitrogens is 2. The van der Waals surface area contributed by atoms with Crippen molar-refractivity contribution in [2.75, 3.05) is 39.8 Å². The zero-order chi connectivity index (χ0) is 22.2. The van der Waals surface area contributed by atoms with E-state index in [4.69, 9.17) is 4.98 Å². The monoisotopic (exact) mass is 436 g/mol. The van der Waals surface area contributed by atoms with Crippen LogP contribution >= 0.6 is 0 Å². The molecule has 0 radical (unpaired) electrons. The third-order valence-electron chi connectivity index (χ3n) is 7.96. The predicted octanol–water partition coefficient (Wildman–Crippen LogP) is 5.11. The minimum absolute atomic E-state index is 0.325. The van der Waals surface area contributed by atoms with Gasteiger partial charge in [-0.05, 0) is 71.4 Å². The molecule has 4 nitrogen and oxygen atoms in total. The first-order valence-electron chi connectivity index (χ1n) is 12.4. The average Bonchev–Trinajstić information content (AvgIpc) is 2.88. The molecule has 2 aliphatic rings. The van der Waals surface area contributed by atoms with Crippen molar-refractivity contribution in [3.63, 3.8) is 0 Å². The second-order valence-electron chi connectivity index (χ2n) is 9.86. The van der Waals surface area contributed by atoms with Gasteiger partial charge in [0.15, 0.2) is 0 Å². The van der Waals surface area contributed by atoms with Gasteiger partial charge in [0.25, 0.3) is 0 Å². The Morgan fingerprint density at radius 3 is 2.58 bits per heavy atom. The maximum Gasteiger partial charge on any atom is 0.0664 e. The van der Waals surface area contributed by atoms with Gasteiger partial charge in [0.2, 0.25) is 0 Å². The molecule has 0 spiro atoms. The van der Waals surface area contributed by atoms with Gasteiger partial charge in [0.05, 0.1) is 5.69 Å². The number of fused-ring (bicyclic) bond motifs is 5. The molecule has 1 fully saturated rings. The third-order valence-corrected chi connectivity index (χ3v) is 7.96. The van der Waals surface area contributed by atoms with E-state index < -0.39 is 0 Å². The highest BCUT2D eigenvalue weighted by Crippen LogP contribution is 2.44. The minimum atomic E-state index is 0.325. The maximum atomic E-state index is 4.80. The maximum absolute atomic E-state index is 4.80. The summed E-state index contributed by atoms with van der Waals surface area (Å²) in [6.07, 6.45) is 9.23. The van der Waals surface area contributed by atoms with Crippen LogP contribution in [0, 0.1) is 5.92 Å². The van der Waals surface area contributed by atoms with Crippen LogP contribution in [0.3, 0.4) is 0 Å². The Morgan fingerprint density at radius 1 is 0.879 bits per heavy atom. The van der Waals surface area contributed by atoms with Gasteiger partial charge in [0, 0.05) is 50.7 Å². The lowest BCUT2D eigenvalue weighted by molar-refractivity contribution is 0.143. The van der Waals surface area contributed by atoms with Crippen molar-refractivity contribution in [3.8, 4) is 0 Å². The quantitative estimate of drug-likeness (QED) is 0.416. The predicted molar refractivity (Wildman–Crippen MR) is 136 cm³/mol. The summed E-state index contributed by atoms with van der Waals surface area (Å²) in [4.78, 5) is 14.3. The van der Waals surface area contributed by atoms with Gasteiger partial charge < -0.3 is 9.80 Å². The summed E-state index contributed by atoms with van der Waals surface area (Å²) >= 11 is 0. The van der Waals surface area contributed by atoms with Crippen molar-refractivity contribution >= 4 is 21.5 Å². The van der Waals surface area contributed by atoms with E-state index in [9.17, 15) is 0 Å². The van der Waals surface area contributed by atoms with Gasteiger partial charge in [-0.25, -0.2) is 0 Å². The first kappa shape index (κ1) is 20.8. The lowest BCUT2D eigenvalue weighted by atomic mass is 9.71. The Kier molecular flexibility index (Phi) is 5.57. The summed E-state index contributed by atoms with van der Waals surface area (Å²) in [6, 6.07) is 18.1. The van der Waals surface area contributed by atoms with E-state index >= 15 is 0 Å². The lowest BCUT2D eigenvalue weighted by Gasteiger charge is -2.37. The van der Waals surface area contributed by atoms with E-state index in [0.29, 0.717) is 11.8 Å². The van der Waals surface area contributed by atoms with E-state index in [2.05, 4.69) is 70.4 Å². The largest absolute Gasteiger partial charge is 0.304 e. The van der Waals surface area contributed by atoms with Gasteiger partial charge in [-0.2, -0.15) is 0 Å². The lowest BCUT2D eigenvalue weighted by Crippen LogP contribution is -2.45. The Hall–Kier alpha value is -2.82. The molecule has 1 aliphatic heterocycles. The van der Waals surface area contributed by atoms with E-state index in [0.717, 1.165) is 12.1 Å². The first-order chi connectivity index (χ1) is 16.3. The first-order valence-corrected chi connectivity index (χ1v) is 12.4. The van der Waals surface area contributed by atoms with Crippen LogP contribution in [0.25, 0.3) is 21.5 Å². The Labute approximate surface area is 196 Å². The number of rotatable bonds is 4. The molecule has 2 unspecified atom stereocenters. The van der Waals surface area contributed by atoms with Crippen LogP contribution in [0.4, 0.5) is 0 Å². The number of hydrogen-bond acceptors (Lipinski definition) is 4. The Morgan fingerprint density at radius 2 is 1.73 bits per heavy atom. The van der Waals surface area contributed by atoms with Crippen LogP contribution in [0.5, 0.6) is 0 Å². The van der Waals surface area contributed by atoms with Crippen molar-refractivity contribution in [3.05, 3.63) is 83.9 Å². The van der Waals surface area contributed by atoms with Gasteiger partial charge in [0.1, 0.15) is 0 Å². The van der Waals surface area contributed by atoms with Crippen LogP contribution in [-0.4, -0.2) is 59.5 Å². The van der Waals surface area contributed by atoms with Crippen molar-refractivity contribution in [2.45, 2.75) is 25.2 Å². The van der Waals surface area contributed by atoms with Gasteiger partial charge in [-0.1, -0.05) is 48.5 Å². The molecule has 4 heteroatoms. The highest BCUT2D eigenvalue weighted by Gasteiger charge is 2.33. The molecule has 0 saturated carbocycles. The molecule has 3 aromatic carbocycles. The topological polar surface area (TPSA) is 32.3 Å². The van der Waals surface area contributed by atoms with Crippen molar-refractivity contribution in [2.24, 2.45) is 5.92 Å². The standard InChI is InChI=1S/C29H32N4/c1-32-16-18-33(19-17-32)15-12-22-7-9-26-25-8-6-21-4-2-3-5-23(21)24(25)10-11-27(26)29(22)28-20-30-13-14-31-28/h2-6,8,10-11,13-14,20,22,29H,7,9,12,15-19H2,1H3. The normalized spacial score (nSPS) is 22.0. The molecule has 0 bridgehead atoms. The summed E-state index contributed by atoms with van der Waals surface area (Å²) < 4.78 is 0. The fraction of sp³-hybridized carbons (Fsp3) is 0.379. The minimum Gasteiger partial charge on any atom is -0.304 e. The molecule has 2 atom stereocenters. The molecule has 0 amide bonds. The Bertz CT molecular complexity index is 1260. The van der Waals surface area contributed by atoms with E-state index in [1.165, 1.54) is 78.2 Å². The van der Waals surface area contributed by atoms with Gasteiger partial charge >= 0.3 is 0 Å². The van der Waals surface area contributed by atoms with Crippen LogP contribution in [0.2, 0.25) is 0 Å². The van der Waals surface area contributed by atoms with Crippen LogP contribution < -0.4 is 0 Å². The molecular formula is C29H32N4. The summed E-state index contributed by atoms with van der Waals surface area (Å²) in [5.74, 6) is 0.928. The SMILES string of the molecule is CN1CCN(CCC2CCc3c(ccc4c3ccc3ccccc34)C2c2cnccn2)CC1. The molecule has 2 heterocycles. The number of likely N-dealkylation sites (N-methyl/N-ethyl adjacent to an activating group) is 1.